The monoisotopic (exact) mass is 1370 g/mol. The zero-order chi connectivity index (χ0) is 70.2. The molecule has 0 bridgehead atoms. The highest BCUT2D eigenvalue weighted by atomic mass is 16.8. The minimum Gasteiger partial charge on any atom is -0.453 e. The third kappa shape index (κ3) is 12.5. The summed E-state index contributed by atoms with van der Waals surface area (Å²) >= 11 is 0. The van der Waals surface area contributed by atoms with Crippen molar-refractivity contribution in [2.75, 3.05) is 33.0 Å². The van der Waals surface area contributed by atoms with Crippen molar-refractivity contribution in [2.24, 2.45) is 50.2 Å². The topological polar surface area (TPSA) is 483 Å². The largest absolute Gasteiger partial charge is 0.453 e. The lowest BCUT2D eigenvalue weighted by Gasteiger charge is -2.72. The van der Waals surface area contributed by atoms with Crippen molar-refractivity contribution in [3.05, 3.63) is 23.3 Å². The van der Waals surface area contributed by atoms with Gasteiger partial charge in [-0.3, -0.25) is 0 Å². The molecule has 5 aliphatic carbocycles. The summed E-state index contributed by atoms with van der Waals surface area (Å²) in [5.41, 5.74) is -5.16. The van der Waals surface area contributed by atoms with Gasteiger partial charge in [0, 0.05) is 11.0 Å². The first kappa shape index (κ1) is 75.5. The molecule has 5 heterocycles. The SMILES string of the molecule is CC=C(C)C(=O)O[C@H]1C(O)[C@H](O[C@H]2CC[C@@]3(C)C(CC[C@]4(C)C3CC=C3C5CC(C)(C)[C@@H](O)[C@H](O)[C@]5(CO[C@@H]5OC(C)(CO[C@@H]6OC(CO)[C@@H](O)[C@@H](O)C6O)[C@@H](O)C(O)(O)C5O[C@@H]5OC(C)[C@H](O)[C@H](O)C5O)CC[C@]34C)C2(C)C)OC(CO[C@@H]2O[C@](O)(CO)C(O)[C@@H]2O)[C@H]1O. The zero-order valence-corrected chi connectivity index (χ0v) is 55.9. The average molecular weight is 1370 g/mol. The van der Waals surface area contributed by atoms with Gasteiger partial charge in [0.15, 0.2) is 43.7 Å². The Labute approximate surface area is 551 Å². The Hall–Kier alpha value is -2.17. The van der Waals surface area contributed by atoms with E-state index < -0.39 is 237 Å². The summed E-state index contributed by atoms with van der Waals surface area (Å²) in [4.78, 5) is 13.2. The first-order valence-electron chi connectivity index (χ1n) is 33.4. The van der Waals surface area contributed by atoms with E-state index in [1.165, 1.54) is 26.8 Å². The highest BCUT2D eigenvalue weighted by Crippen LogP contribution is 2.76. The second-order valence-electron chi connectivity index (χ2n) is 31.3. The molecular formula is C65H106O30. The molecule has 4 saturated carbocycles. The Bertz CT molecular complexity index is 2770. The molecule has 0 amide bonds. The molecule has 0 radical (unpaired) electrons. The normalized spacial score (nSPS) is 52.7. The molecule has 5 aliphatic heterocycles. The van der Waals surface area contributed by atoms with Crippen molar-refractivity contribution < 1.29 is 149 Å². The highest BCUT2D eigenvalue weighted by Gasteiger charge is 2.72. The van der Waals surface area contributed by atoms with Crippen LogP contribution in [-0.2, 0) is 56.9 Å². The Balaban J connectivity index is 0.919. The number of rotatable bonds is 17. The lowest BCUT2D eigenvalue weighted by Crippen LogP contribution is -2.74. The van der Waals surface area contributed by atoms with Gasteiger partial charge in [0.1, 0.15) is 85.0 Å². The summed E-state index contributed by atoms with van der Waals surface area (Å²) in [6.45, 7) is 16.8. The van der Waals surface area contributed by atoms with Gasteiger partial charge in [-0.25, -0.2) is 4.79 Å². The first-order chi connectivity index (χ1) is 44.1. The van der Waals surface area contributed by atoms with E-state index in [0.717, 1.165) is 18.4 Å². The number of aliphatic hydroxyl groups excluding tert-OH is 15. The van der Waals surface area contributed by atoms with Crippen molar-refractivity contribution in [1.29, 1.82) is 0 Å². The zero-order valence-electron chi connectivity index (χ0n) is 55.9. The van der Waals surface area contributed by atoms with E-state index in [0.29, 0.717) is 32.1 Å². The van der Waals surface area contributed by atoms with Gasteiger partial charge in [0.2, 0.25) is 11.6 Å². The number of carbonyl (C=O) groups excluding carboxylic acids is 1. The van der Waals surface area contributed by atoms with E-state index in [2.05, 4.69) is 40.7 Å². The molecule has 10 aliphatic rings. The second-order valence-corrected chi connectivity index (χ2v) is 31.3. The van der Waals surface area contributed by atoms with Crippen LogP contribution in [0.15, 0.2) is 23.3 Å². The molecule has 0 spiro atoms. The van der Waals surface area contributed by atoms with Gasteiger partial charge in [-0.15, -0.1) is 0 Å². The molecule has 30 nitrogen and oxygen atoms in total. The fourth-order valence-electron chi connectivity index (χ4n) is 18.6. The van der Waals surface area contributed by atoms with Crippen LogP contribution in [0.1, 0.15) is 128 Å². The van der Waals surface area contributed by atoms with Crippen molar-refractivity contribution in [1.82, 2.24) is 0 Å². The fraction of sp³-hybridized carbons (Fsp3) is 0.923. The van der Waals surface area contributed by atoms with Gasteiger partial charge in [0.25, 0.3) is 0 Å². The van der Waals surface area contributed by atoms with E-state index >= 15 is 0 Å². The summed E-state index contributed by atoms with van der Waals surface area (Å²) in [7, 11) is 0. The van der Waals surface area contributed by atoms with E-state index in [1.807, 2.05) is 13.8 Å². The van der Waals surface area contributed by atoms with E-state index in [-0.39, 0.29) is 29.2 Å². The number of esters is 1. The van der Waals surface area contributed by atoms with Crippen LogP contribution in [0.4, 0.5) is 0 Å². The molecule has 546 valence electrons. The molecule has 5 saturated heterocycles. The summed E-state index contributed by atoms with van der Waals surface area (Å²) in [5, 5.41) is 200. The van der Waals surface area contributed by atoms with Crippen LogP contribution >= 0.6 is 0 Å². The number of carbonyl (C=O) groups is 1. The molecule has 0 aromatic heterocycles. The maximum atomic E-state index is 13.2. The molecule has 0 aromatic carbocycles. The average Bonchev–Trinajstić information content (AvgIpc) is 0.927. The maximum Gasteiger partial charge on any atom is 0.333 e. The minimum absolute atomic E-state index is 0.000432. The molecule has 30 heteroatoms. The van der Waals surface area contributed by atoms with Crippen molar-refractivity contribution in [3.8, 4) is 0 Å². The molecule has 12 unspecified atom stereocenters. The number of hydrogen-bond donors (Lipinski definition) is 18. The summed E-state index contributed by atoms with van der Waals surface area (Å²) in [6, 6.07) is 0. The lowest BCUT2D eigenvalue weighted by atomic mass is 9.33. The number of fused-ring (bicyclic) bond motifs is 7. The van der Waals surface area contributed by atoms with Gasteiger partial charge >= 0.3 is 5.97 Å². The smallest absolute Gasteiger partial charge is 0.333 e. The first-order valence-corrected chi connectivity index (χ1v) is 33.4. The van der Waals surface area contributed by atoms with Crippen molar-refractivity contribution in [2.45, 2.75) is 292 Å². The summed E-state index contributed by atoms with van der Waals surface area (Å²) < 4.78 is 66.1. The minimum atomic E-state index is -3.43. The summed E-state index contributed by atoms with van der Waals surface area (Å²) in [6.07, 6.45) is -32.7. The van der Waals surface area contributed by atoms with Gasteiger partial charge in [-0.1, -0.05) is 66.2 Å². The van der Waals surface area contributed by atoms with Gasteiger partial charge in [0.05, 0.1) is 57.5 Å². The highest BCUT2D eigenvalue weighted by molar-refractivity contribution is 5.87. The van der Waals surface area contributed by atoms with Crippen LogP contribution in [0.25, 0.3) is 0 Å². The Morgan fingerprint density at radius 2 is 1.25 bits per heavy atom. The van der Waals surface area contributed by atoms with E-state index in [1.54, 1.807) is 6.92 Å². The Morgan fingerprint density at radius 3 is 1.89 bits per heavy atom. The lowest BCUT2D eigenvalue weighted by molar-refractivity contribution is -0.445. The molecule has 95 heavy (non-hydrogen) atoms. The number of ether oxygens (including phenoxy) is 11. The standard InChI is InChI=1S/C65H106O30/c1-12-27(2)50(80)92-45-38(70)32(23-85-52-44(76)46(77)64(82,24-67)95-52)90-54(43(45)75)91-35-16-17-59(8)33(58(35,6)7)15-18-61(10)34(59)14-13-29-30-21-57(4,5)47(78)48(79)63(30,20-19-60(29,61)9)26-87-55-49(93-53-42(74)39(71)36(68)28(3)88-53)65(83,84)56(81)62(11,94-55)25-86-51-41(73)40(72)37(69)31(22-66)89-51/h12-13,28,30-49,51-56,66-79,81-84H,14-26H2,1-11H3/t28?,30?,31?,32?,33?,34?,35-,36-,37+,38+,39-,40+,41?,42?,43?,44-,45+,46?,47-,48-,49?,51+,52+,53-,54-,55+,56+,59-,60+,61+,62?,63-,64+/m0/s1. The number of allylic oxidation sites excluding steroid dienone is 3. The maximum absolute atomic E-state index is 13.2. The quantitative estimate of drug-likeness (QED) is 0.0220. The van der Waals surface area contributed by atoms with Gasteiger partial charge in [-0.2, -0.15) is 0 Å². The van der Waals surface area contributed by atoms with Crippen LogP contribution in [0.5, 0.6) is 0 Å². The third-order valence-electron chi connectivity index (χ3n) is 25.0. The van der Waals surface area contributed by atoms with Crippen LogP contribution in [0, 0.1) is 50.2 Å². The van der Waals surface area contributed by atoms with Gasteiger partial charge in [-0.05, 0) is 124 Å². The van der Waals surface area contributed by atoms with E-state index in [4.69, 9.17) is 52.1 Å². The predicted octanol–water partition coefficient (Wildman–Crippen LogP) is -3.58. The molecule has 0 aromatic rings. The van der Waals surface area contributed by atoms with Crippen LogP contribution in [0.2, 0.25) is 0 Å². The fourth-order valence-corrected chi connectivity index (χ4v) is 18.6. The van der Waals surface area contributed by atoms with Gasteiger partial charge < -0.3 is 144 Å². The van der Waals surface area contributed by atoms with E-state index in [9.17, 15) is 96.7 Å². The predicted molar refractivity (Wildman–Crippen MR) is 321 cm³/mol. The van der Waals surface area contributed by atoms with Crippen LogP contribution in [-0.4, -0.2) is 296 Å². The second kappa shape index (κ2) is 26.9. The number of hydrogen-bond acceptors (Lipinski definition) is 30. The molecule has 18 N–H and O–H groups in total. The summed E-state index contributed by atoms with van der Waals surface area (Å²) in [5.74, 6) is -7.26. The Morgan fingerprint density at radius 1 is 0.621 bits per heavy atom. The molecule has 33 atom stereocenters. The Kier molecular flexibility index (Phi) is 21.4. The third-order valence-corrected chi connectivity index (χ3v) is 25.0. The molecular weight excluding hydrogens is 1260 g/mol. The van der Waals surface area contributed by atoms with Crippen molar-refractivity contribution in [3.63, 3.8) is 0 Å². The molecule has 9 fully saturated rings. The van der Waals surface area contributed by atoms with Crippen LogP contribution in [0.3, 0.4) is 0 Å². The van der Waals surface area contributed by atoms with Crippen molar-refractivity contribution >= 4 is 5.97 Å². The number of aliphatic hydroxyl groups is 18. The van der Waals surface area contributed by atoms with Crippen LogP contribution < -0.4 is 0 Å². The molecule has 10 rings (SSSR count).